The fraction of sp³-hybridized carbons (Fsp3) is 0.778. The molecule has 3 fully saturated rings. The van der Waals surface area contributed by atoms with E-state index in [0.717, 1.165) is 32.3 Å². The summed E-state index contributed by atoms with van der Waals surface area (Å²) in [6.45, 7) is 10.2. The molecular formula is C18H28N2OS. The van der Waals surface area contributed by atoms with E-state index in [4.69, 9.17) is 4.74 Å². The Balaban J connectivity index is 1.34. The normalized spacial score (nSPS) is 29.6. The smallest absolute Gasteiger partial charge is 0.0594 e. The quantitative estimate of drug-likeness (QED) is 0.851. The van der Waals surface area contributed by atoms with E-state index in [2.05, 4.69) is 28.2 Å². The molecule has 0 amide bonds. The van der Waals surface area contributed by atoms with Gasteiger partial charge >= 0.3 is 0 Å². The van der Waals surface area contributed by atoms with Crippen LogP contribution in [0.3, 0.4) is 0 Å². The third kappa shape index (κ3) is 2.75. The largest absolute Gasteiger partial charge is 0.379 e. The first kappa shape index (κ1) is 15.1. The van der Waals surface area contributed by atoms with E-state index in [0.29, 0.717) is 5.41 Å². The van der Waals surface area contributed by atoms with Gasteiger partial charge in [-0.1, -0.05) is 0 Å². The van der Waals surface area contributed by atoms with Crippen molar-refractivity contribution in [3.05, 3.63) is 21.9 Å². The maximum absolute atomic E-state index is 5.53. The summed E-state index contributed by atoms with van der Waals surface area (Å²) in [6, 6.07) is 3.10. The molecule has 0 bridgehead atoms. The predicted molar refractivity (Wildman–Crippen MR) is 91.4 cm³/mol. The van der Waals surface area contributed by atoms with Crippen molar-refractivity contribution in [1.82, 2.24) is 9.80 Å². The monoisotopic (exact) mass is 320 g/mol. The number of hydrogen-bond donors (Lipinski definition) is 0. The van der Waals surface area contributed by atoms with Crippen LogP contribution < -0.4 is 0 Å². The number of morpholine rings is 1. The Kier molecular flexibility index (Phi) is 4.29. The molecule has 3 aliphatic rings. The summed E-state index contributed by atoms with van der Waals surface area (Å²) in [5, 5.41) is 2.23. The van der Waals surface area contributed by atoms with E-state index < -0.39 is 0 Å². The molecule has 1 atom stereocenters. The Morgan fingerprint density at radius 1 is 1.18 bits per heavy atom. The van der Waals surface area contributed by atoms with Gasteiger partial charge in [0.2, 0.25) is 0 Å². The summed E-state index contributed by atoms with van der Waals surface area (Å²) >= 11 is 1.92. The van der Waals surface area contributed by atoms with Crippen LogP contribution in [0, 0.1) is 12.3 Å². The minimum atomic E-state index is 0.637. The molecule has 2 saturated heterocycles. The molecule has 1 unspecified atom stereocenters. The van der Waals surface area contributed by atoms with Gasteiger partial charge < -0.3 is 4.74 Å². The van der Waals surface area contributed by atoms with Gasteiger partial charge in [0.1, 0.15) is 0 Å². The van der Waals surface area contributed by atoms with Crippen LogP contribution in [0.2, 0.25) is 0 Å². The first-order valence-corrected chi connectivity index (χ1v) is 9.72. The minimum Gasteiger partial charge on any atom is -0.379 e. The van der Waals surface area contributed by atoms with Gasteiger partial charge in [0.15, 0.2) is 0 Å². The Morgan fingerprint density at radius 2 is 1.95 bits per heavy atom. The van der Waals surface area contributed by atoms with E-state index in [-0.39, 0.29) is 0 Å². The third-order valence-electron chi connectivity index (χ3n) is 6.30. The number of piperidine rings is 1. The van der Waals surface area contributed by atoms with Gasteiger partial charge in [0.05, 0.1) is 13.2 Å². The van der Waals surface area contributed by atoms with E-state index in [1.165, 1.54) is 50.9 Å². The zero-order valence-electron chi connectivity index (χ0n) is 13.7. The molecule has 4 rings (SSSR count). The van der Waals surface area contributed by atoms with Gasteiger partial charge in [0.25, 0.3) is 0 Å². The summed E-state index contributed by atoms with van der Waals surface area (Å²) in [7, 11) is 0. The molecule has 122 valence electrons. The zero-order valence-corrected chi connectivity index (χ0v) is 14.5. The van der Waals surface area contributed by atoms with Crippen LogP contribution in [-0.4, -0.2) is 55.2 Å². The van der Waals surface area contributed by atoms with E-state index in [9.17, 15) is 0 Å². The fourth-order valence-corrected chi connectivity index (χ4v) is 5.60. The van der Waals surface area contributed by atoms with E-state index in [1.54, 1.807) is 4.88 Å². The molecule has 1 aromatic heterocycles. The van der Waals surface area contributed by atoms with Crippen molar-refractivity contribution in [2.24, 2.45) is 5.41 Å². The molecule has 22 heavy (non-hydrogen) atoms. The fourth-order valence-electron chi connectivity index (χ4n) is 4.65. The molecule has 1 aliphatic carbocycles. The highest BCUT2D eigenvalue weighted by Crippen LogP contribution is 2.51. The number of ether oxygens (including phenoxy) is 1. The number of hydrogen-bond acceptors (Lipinski definition) is 4. The molecular weight excluding hydrogens is 292 g/mol. The maximum Gasteiger partial charge on any atom is 0.0594 e. The summed E-state index contributed by atoms with van der Waals surface area (Å²) in [6.07, 6.45) is 5.68. The molecule has 0 radical (unpaired) electrons. The van der Waals surface area contributed by atoms with Crippen LogP contribution in [0.25, 0.3) is 0 Å². The Labute approximate surface area is 138 Å². The summed E-state index contributed by atoms with van der Waals surface area (Å²) in [5.41, 5.74) is 2.11. The van der Waals surface area contributed by atoms with Crippen LogP contribution in [-0.2, 0) is 11.3 Å². The van der Waals surface area contributed by atoms with E-state index >= 15 is 0 Å². The average molecular weight is 321 g/mol. The first-order valence-electron chi connectivity index (χ1n) is 8.84. The third-order valence-corrected chi connectivity index (χ3v) is 7.30. The topological polar surface area (TPSA) is 15.7 Å². The number of thiophene rings is 1. The second-order valence-corrected chi connectivity index (χ2v) is 8.37. The van der Waals surface area contributed by atoms with Gasteiger partial charge in [-0.2, -0.15) is 0 Å². The minimum absolute atomic E-state index is 0.637. The summed E-state index contributed by atoms with van der Waals surface area (Å²) in [4.78, 5) is 6.97. The molecule has 3 heterocycles. The summed E-state index contributed by atoms with van der Waals surface area (Å²) < 4.78 is 5.53. The molecule has 3 nitrogen and oxygen atoms in total. The van der Waals surface area contributed by atoms with Crippen LogP contribution in [0.4, 0.5) is 0 Å². The van der Waals surface area contributed by atoms with Gasteiger partial charge in [-0.05, 0) is 68.1 Å². The van der Waals surface area contributed by atoms with Crippen molar-refractivity contribution in [2.45, 2.75) is 45.2 Å². The molecule has 0 aromatic carbocycles. The molecule has 1 aromatic rings. The second kappa shape index (κ2) is 6.23. The SMILES string of the molecule is Cc1ccsc1CN1CCC2(CCC2N2CCOCC2)CC1. The molecule has 0 N–H and O–H groups in total. The van der Waals surface area contributed by atoms with Crippen molar-refractivity contribution in [2.75, 3.05) is 39.4 Å². The van der Waals surface area contributed by atoms with Gasteiger partial charge in [-0.15, -0.1) is 11.3 Å². The summed E-state index contributed by atoms with van der Waals surface area (Å²) in [5.74, 6) is 0. The number of nitrogens with zero attached hydrogens (tertiary/aromatic N) is 2. The highest BCUT2D eigenvalue weighted by atomic mass is 32.1. The van der Waals surface area contributed by atoms with Crippen LogP contribution in [0.15, 0.2) is 11.4 Å². The lowest BCUT2D eigenvalue weighted by atomic mass is 9.58. The molecule has 1 spiro atoms. The van der Waals surface area contributed by atoms with Crippen molar-refractivity contribution in [3.63, 3.8) is 0 Å². The van der Waals surface area contributed by atoms with Gasteiger partial charge in [-0.3, -0.25) is 9.80 Å². The van der Waals surface area contributed by atoms with Gasteiger partial charge in [0, 0.05) is 30.6 Å². The first-order chi connectivity index (χ1) is 10.8. The average Bonchev–Trinajstić information content (AvgIpc) is 2.93. The van der Waals surface area contributed by atoms with Crippen LogP contribution in [0.1, 0.15) is 36.1 Å². The van der Waals surface area contributed by atoms with Crippen molar-refractivity contribution >= 4 is 11.3 Å². The number of rotatable bonds is 3. The van der Waals surface area contributed by atoms with Crippen molar-refractivity contribution < 1.29 is 4.74 Å². The number of aryl methyl sites for hydroxylation is 1. The highest BCUT2D eigenvalue weighted by molar-refractivity contribution is 7.10. The standard InChI is InChI=1S/C18H28N2OS/c1-15-3-13-22-16(15)14-19-7-5-18(6-8-19)4-2-17(18)20-9-11-21-12-10-20/h3,13,17H,2,4-12,14H2,1H3. The lowest BCUT2D eigenvalue weighted by molar-refractivity contribution is -0.0976. The van der Waals surface area contributed by atoms with Crippen molar-refractivity contribution in [1.29, 1.82) is 0 Å². The lowest BCUT2D eigenvalue weighted by Gasteiger charge is -2.58. The maximum atomic E-state index is 5.53. The second-order valence-electron chi connectivity index (χ2n) is 7.37. The number of likely N-dealkylation sites (tertiary alicyclic amines) is 1. The molecule has 4 heteroatoms. The Bertz CT molecular complexity index is 501. The zero-order chi connectivity index (χ0) is 15.0. The predicted octanol–water partition coefficient (Wildman–Crippen LogP) is 3.13. The van der Waals surface area contributed by atoms with Crippen LogP contribution in [0.5, 0.6) is 0 Å². The molecule has 1 saturated carbocycles. The lowest BCUT2D eigenvalue weighted by Crippen LogP contribution is -2.61. The highest BCUT2D eigenvalue weighted by Gasteiger charge is 2.50. The van der Waals surface area contributed by atoms with Crippen LogP contribution >= 0.6 is 11.3 Å². The van der Waals surface area contributed by atoms with Crippen molar-refractivity contribution in [3.8, 4) is 0 Å². The van der Waals surface area contributed by atoms with E-state index in [1.807, 2.05) is 11.3 Å². The molecule has 2 aliphatic heterocycles. The Morgan fingerprint density at radius 3 is 2.55 bits per heavy atom. The van der Waals surface area contributed by atoms with Gasteiger partial charge in [-0.25, -0.2) is 0 Å². The Hall–Kier alpha value is -0.420.